The molecule has 0 fully saturated rings. The van der Waals surface area contributed by atoms with E-state index in [1.165, 1.54) is 0 Å². The minimum absolute atomic E-state index is 0.254. The molecule has 1 heterocycles. The van der Waals surface area contributed by atoms with Crippen molar-refractivity contribution < 1.29 is 0 Å². The third-order valence-electron chi connectivity index (χ3n) is 2.42. The molecule has 0 spiro atoms. The van der Waals surface area contributed by atoms with Crippen molar-refractivity contribution in [2.75, 3.05) is 5.32 Å². The Labute approximate surface area is 100 Å². The summed E-state index contributed by atoms with van der Waals surface area (Å²) in [7, 11) is 0. The van der Waals surface area contributed by atoms with Gasteiger partial charge < -0.3 is 5.32 Å². The molecule has 0 aliphatic heterocycles. The summed E-state index contributed by atoms with van der Waals surface area (Å²) in [5.41, 5.74) is 1.63. The number of nitriles is 1. The molecule has 1 N–H and O–H groups in total. The number of hydrogen-bond donors (Lipinski definition) is 1. The third-order valence-corrected chi connectivity index (χ3v) is 2.42. The molecule has 1 unspecified atom stereocenters. The molecule has 17 heavy (non-hydrogen) atoms. The zero-order chi connectivity index (χ0) is 12.1. The van der Waals surface area contributed by atoms with Gasteiger partial charge in [-0.2, -0.15) is 10.4 Å². The van der Waals surface area contributed by atoms with Gasteiger partial charge in [0.1, 0.15) is 0 Å². The van der Waals surface area contributed by atoms with Crippen molar-refractivity contribution in [2.24, 2.45) is 0 Å². The number of nitrogens with zero attached hydrogens (tertiary/aromatic N) is 3. The normalized spacial score (nSPS) is 11.8. The second kappa shape index (κ2) is 5.17. The molecule has 0 bridgehead atoms. The highest BCUT2D eigenvalue weighted by Crippen LogP contribution is 2.11. The molecule has 4 heteroatoms. The molecule has 0 saturated heterocycles. The first-order valence-electron chi connectivity index (χ1n) is 5.52. The standard InChI is InChI=1S/C13H14N4/c1-11(10-17-7-3-6-15-17)16-13-5-2-4-12(8-13)9-14/h2-8,11,16H,10H2,1H3. The molecule has 2 rings (SSSR count). The minimum Gasteiger partial charge on any atom is -0.381 e. The van der Waals surface area contributed by atoms with Gasteiger partial charge in [-0.05, 0) is 31.2 Å². The maximum atomic E-state index is 8.81. The van der Waals surface area contributed by atoms with E-state index >= 15 is 0 Å². The Balaban J connectivity index is 1.98. The maximum Gasteiger partial charge on any atom is 0.0992 e. The van der Waals surface area contributed by atoms with Crippen LogP contribution in [0.5, 0.6) is 0 Å². The van der Waals surface area contributed by atoms with E-state index in [9.17, 15) is 0 Å². The van der Waals surface area contributed by atoms with Crippen LogP contribution in [0.3, 0.4) is 0 Å². The van der Waals surface area contributed by atoms with Gasteiger partial charge in [-0.15, -0.1) is 0 Å². The molecular weight excluding hydrogens is 212 g/mol. The fourth-order valence-corrected chi connectivity index (χ4v) is 1.70. The molecule has 1 atom stereocenters. The molecule has 0 amide bonds. The Morgan fingerprint density at radius 2 is 2.35 bits per heavy atom. The van der Waals surface area contributed by atoms with E-state index in [1.807, 2.05) is 35.1 Å². The van der Waals surface area contributed by atoms with Gasteiger partial charge in [0, 0.05) is 24.1 Å². The summed E-state index contributed by atoms with van der Waals surface area (Å²) in [5.74, 6) is 0. The number of rotatable bonds is 4. The number of anilines is 1. The lowest BCUT2D eigenvalue weighted by atomic mass is 10.2. The first kappa shape index (κ1) is 11.2. The van der Waals surface area contributed by atoms with E-state index < -0.39 is 0 Å². The van der Waals surface area contributed by atoms with Crippen LogP contribution in [0.15, 0.2) is 42.7 Å². The lowest BCUT2D eigenvalue weighted by molar-refractivity contribution is 0.561. The molecule has 86 valence electrons. The zero-order valence-corrected chi connectivity index (χ0v) is 9.67. The van der Waals surface area contributed by atoms with Crippen molar-refractivity contribution in [3.63, 3.8) is 0 Å². The fourth-order valence-electron chi connectivity index (χ4n) is 1.70. The lowest BCUT2D eigenvalue weighted by Crippen LogP contribution is -2.22. The van der Waals surface area contributed by atoms with Gasteiger partial charge >= 0.3 is 0 Å². The van der Waals surface area contributed by atoms with Gasteiger partial charge in [0.05, 0.1) is 18.2 Å². The predicted octanol–water partition coefficient (Wildman–Crippen LogP) is 2.26. The summed E-state index contributed by atoms with van der Waals surface area (Å²) in [6.07, 6.45) is 3.70. The van der Waals surface area contributed by atoms with Crippen molar-refractivity contribution >= 4 is 5.69 Å². The van der Waals surface area contributed by atoms with Crippen molar-refractivity contribution in [3.8, 4) is 6.07 Å². The van der Waals surface area contributed by atoms with Gasteiger partial charge in [0.15, 0.2) is 0 Å². The van der Waals surface area contributed by atoms with Gasteiger partial charge in [0.2, 0.25) is 0 Å². The van der Waals surface area contributed by atoms with Crippen molar-refractivity contribution in [2.45, 2.75) is 19.5 Å². The van der Waals surface area contributed by atoms with Crippen molar-refractivity contribution in [3.05, 3.63) is 48.3 Å². The Kier molecular flexibility index (Phi) is 3.41. The van der Waals surface area contributed by atoms with Crippen molar-refractivity contribution in [1.29, 1.82) is 5.26 Å². The Morgan fingerprint density at radius 3 is 3.06 bits per heavy atom. The summed E-state index contributed by atoms with van der Waals surface area (Å²) in [6.45, 7) is 2.88. The molecule has 1 aromatic heterocycles. The van der Waals surface area contributed by atoms with Crippen LogP contribution in [0.2, 0.25) is 0 Å². The third kappa shape index (κ3) is 3.08. The van der Waals surface area contributed by atoms with E-state index in [1.54, 1.807) is 12.3 Å². The minimum atomic E-state index is 0.254. The van der Waals surface area contributed by atoms with Crippen LogP contribution in [0.4, 0.5) is 5.69 Å². The van der Waals surface area contributed by atoms with Crippen LogP contribution < -0.4 is 5.32 Å². The summed E-state index contributed by atoms with van der Waals surface area (Å²) in [6, 6.07) is 11.8. The van der Waals surface area contributed by atoms with E-state index in [-0.39, 0.29) is 6.04 Å². The van der Waals surface area contributed by atoms with E-state index in [0.717, 1.165) is 12.2 Å². The first-order valence-corrected chi connectivity index (χ1v) is 5.52. The molecule has 0 aliphatic carbocycles. The molecule has 0 saturated carbocycles. The number of nitrogens with one attached hydrogen (secondary N) is 1. The molecule has 0 aliphatic rings. The predicted molar refractivity (Wildman–Crippen MR) is 66.5 cm³/mol. The Morgan fingerprint density at radius 1 is 1.47 bits per heavy atom. The van der Waals surface area contributed by atoms with Crippen LogP contribution in [0.25, 0.3) is 0 Å². The van der Waals surface area contributed by atoms with Crippen LogP contribution in [-0.4, -0.2) is 15.8 Å². The van der Waals surface area contributed by atoms with Gasteiger partial charge in [-0.3, -0.25) is 4.68 Å². The quantitative estimate of drug-likeness (QED) is 0.870. The van der Waals surface area contributed by atoms with Gasteiger partial charge in [0.25, 0.3) is 0 Å². The monoisotopic (exact) mass is 226 g/mol. The summed E-state index contributed by atoms with van der Waals surface area (Å²) >= 11 is 0. The lowest BCUT2D eigenvalue weighted by Gasteiger charge is -2.15. The number of hydrogen-bond acceptors (Lipinski definition) is 3. The average Bonchev–Trinajstić information content (AvgIpc) is 2.82. The largest absolute Gasteiger partial charge is 0.381 e. The highest BCUT2D eigenvalue weighted by Gasteiger charge is 2.03. The van der Waals surface area contributed by atoms with E-state index in [2.05, 4.69) is 23.4 Å². The SMILES string of the molecule is CC(Cn1cccn1)Nc1cccc(C#N)c1. The molecule has 1 aromatic carbocycles. The van der Waals surface area contributed by atoms with Crippen LogP contribution in [0, 0.1) is 11.3 Å². The van der Waals surface area contributed by atoms with Gasteiger partial charge in [-0.25, -0.2) is 0 Å². The average molecular weight is 226 g/mol. The Bertz CT molecular complexity index is 510. The zero-order valence-electron chi connectivity index (χ0n) is 9.67. The van der Waals surface area contributed by atoms with Crippen LogP contribution in [0.1, 0.15) is 12.5 Å². The molecule has 2 aromatic rings. The highest BCUT2D eigenvalue weighted by atomic mass is 15.3. The topological polar surface area (TPSA) is 53.6 Å². The summed E-state index contributed by atoms with van der Waals surface area (Å²) < 4.78 is 1.88. The molecule has 0 radical (unpaired) electrons. The van der Waals surface area contributed by atoms with Gasteiger partial charge in [-0.1, -0.05) is 6.07 Å². The smallest absolute Gasteiger partial charge is 0.0992 e. The molecular formula is C13H14N4. The van der Waals surface area contributed by atoms with Crippen LogP contribution in [-0.2, 0) is 6.54 Å². The maximum absolute atomic E-state index is 8.81. The second-order valence-electron chi connectivity index (χ2n) is 3.97. The summed E-state index contributed by atoms with van der Waals surface area (Å²) in [4.78, 5) is 0. The van der Waals surface area contributed by atoms with E-state index in [0.29, 0.717) is 5.56 Å². The number of aromatic nitrogens is 2. The van der Waals surface area contributed by atoms with Crippen molar-refractivity contribution in [1.82, 2.24) is 9.78 Å². The second-order valence-corrected chi connectivity index (χ2v) is 3.97. The van der Waals surface area contributed by atoms with E-state index in [4.69, 9.17) is 5.26 Å². The number of benzene rings is 1. The first-order chi connectivity index (χ1) is 8.28. The molecule has 4 nitrogen and oxygen atoms in total. The Hall–Kier alpha value is -2.28. The van der Waals surface area contributed by atoms with Crippen LogP contribution >= 0.6 is 0 Å². The summed E-state index contributed by atoms with van der Waals surface area (Å²) in [5, 5.41) is 16.3. The highest BCUT2D eigenvalue weighted by molar-refractivity contribution is 5.49. The fraction of sp³-hybridized carbons (Fsp3) is 0.231.